The van der Waals surface area contributed by atoms with Crippen molar-refractivity contribution in [3.05, 3.63) is 91.0 Å². The summed E-state index contributed by atoms with van der Waals surface area (Å²) in [5.74, 6) is 0. The molecular weight excluding hydrogens is 414 g/mol. The first kappa shape index (κ1) is 24.1. The molecule has 0 fully saturated rings. The van der Waals surface area contributed by atoms with Crippen molar-refractivity contribution in [2.24, 2.45) is 0 Å². The summed E-state index contributed by atoms with van der Waals surface area (Å²) in [6.45, 7) is 7.92. The number of nitrogens with zero attached hydrogens (tertiary/aromatic N) is 1. The average Bonchev–Trinajstić information content (AvgIpc) is 2.81. The molecule has 0 spiro atoms. The van der Waals surface area contributed by atoms with Gasteiger partial charge in [-0.2, -0.15) is 0 Å². The Kier molecular flexibility index (Phi) is 10.2. The Balaban J connectivity index is 2.06. The highest BCUT2D eigenvalue weighted by atomic mass is 31.2. The van der Waals surface area contributed by atoms with Gasteiger partial charge in [-0.3, -0.25) is 5.09 Å². The third kappa shape index (κ3) is 7.23. The van der Waals surface area contributed by atoms with Crippen LogP contribution < -0.4 is 21.0 Å². The Labute approximate surface area is 191 Å². The van der Waals surface area contributed by atoms with Gasteiger partial charge >= 0.3 is 0 Å². The van der Waals surface area contributed by atoms with Gasteiger partial charge < -0.3 is 0 Å². The monoisotopic (exact) mass is 450 g/mol. The Morgan fingerprint density at radius 2 is 1.16 bits per heavy atom. The molecule has 164 valence electrons. The smallest absolute Gasteiger partial charge is 0.0741 e. The third-order valence-electron chi connectivity index (χ3n) is 5.06. The molecule has 0 saturated carbocycles. The molecule has 1 unspecified atom stereocenters. The van der Waals surface area contributed by atoms with Crippen LogP contribution in [-0.2, 0) is 0 Å². The SMILES string of the molecule is CCCCCCN(P(NC(C)C)c1ccccc1)P(c1ccccc1)c1ccccc1. The normalized spacial score (nSPS) is 12.6. The topological polar surface area (TPSA) is 15.3 Å². The fourth-order valence-electron chi connectivity index (χ4n) is 3.61. The highest BCUT2D eigenvalue weighted by molar-refractivity contribution is 7.81. The molecule has 1 atom stereocenters. The van der Waals surface area contributed by atoms with E-state index in [4.69, 9.17) is 0 Å². The molecule has 0 heterocycles. The predicted octanol–water partition coefficient (Wildman–Crippen LogP) is 6.55. The molecule has 0 aliphatic carbocycles. The number of hydrogen-bond acceptors (Lipinski definition) is 2. The molecule has 3 aromatic carbocycles. The van der Waals surface area contributed by atoms with Gasteiger partial charge in [-0.1, -0.05) is 117 Å². The first-order chi connectivity index (χ1) is 15.2. The largest absolute Gasteiger partial charge is 0.277 e. The van der Waals surface area contributed by atoms with Crippen LogP contribution in [0.5, 0.6) is 0 Å². The number of rotatable bonds is 12. The zero-order valence-electron chi connectivity index (χ0n) is 19.1. The van der Waals surface area contributed by atoms with Gasteiger partial charge in [0.05, 0.1) is 8.22 Å². The maximum atomic E-state index is 3.96. The lowest BCUT2D eigenvalue weighted by Gasteiger charge is -2.39. The van der Waals surface area contributed by atoms with Gasteiger partial charge in [0.25, 0.3) is 0 Å². The van der Waals surface area contributed by atoms with Crippen LogP contribution in [0, 0.1) is 0 Å². The zero-order chi connectivity index (χ0) is 21.9. The van der Waals surface area contributed by atoms with E-state index in [1.165, 1.54) is 41.6 Å². The lowest BCUT2D eigenvalue weighted by molar-refractivity contribution is 0.585. The van der Waals surface area contributed by atoms with Crippen LogP contribution in [-0.4, -0.2) is 17.0 Å². The average molecular weight is 451 g/mol. The predicted molar refractivity (Wildman–Crippen MR) is 141 cm³/mol. The third-order valence-corrected chi connectivity index (χ3v) is 10.6. The molecule has 2 nitrogen and oxygen atoms in total. The highest BCUT2D eigenvalue weighted by Gasteiger charge is 2.30. The van der Waals surface area contributed by atoms with Crippen LogP contribution in [0.2, 0.25) is 0 Å². The lowest BCUT2D eigenvalue weighted by Crippen LogP contribution is -2.35. The summed E-state index contributed by atoms with van der Waals surface area (Å²) in [4.78, 5) is 0. The molecule has 1 N–H and O–H groups in total. The molecule has 3 aromatic rings. The van der Waals surface area contributed by atoms with Crippen LogP contribution >= 0.6 is 16.3 Å². The van der Waals surface area contributed by atoms with Crippen molar-refractivity contribution in [3.8, 4) is 0 Å². The van der Waals surface area contributed by atoms with Gasteiger partial charge in [0.2, 0.25) is 0 Å². The Bertz CT molecular complexity index is 817. The molecule has 0 aliphatic rings. The summed E-state index contributed by atoms with van der Waals surface area (Å²) < 4.78 is 2.81. The van der Waals surface area contributed by atoms with E-state index in [9.17, 15) is 0 Å². The van der Waals surface area contributed by atoms with E-state index >= 15 is 0 Å². The van der Waals surface area contributed by atoms with Gasteiger partial charge in [0.15, 0.2) is 0 Å². The van der Waals surface area contributed by atoms with Crippen LogP contribution in [0.3, 0.4) is 0 Å². The second-order valence-electron chi connectivity index (χ2n) is 8.07. The Morgan fingerprint density at radius 1 is 0.677 bits per heavy atom. The van der Waals surface area contributed by atoms with Gasteiger partial charge in [-0.25, -0.2) is 4.44 Å². The number of hydrogen-bond donors (Lipinski definition) is 1. The first-order valence-corrected chi connectivity index (χ1v) is 14.1. The molecule has 4 heteroatoms. The van der Waals surface area contributed by atoms with Crippen molar-refractivity contribution in [1.29, 1.82) is 0 Å². The summed E-state index contributed by atoms with van der Waals surface area (Å²) in [7, 11) is -1.28. The van der Waals surface area contributed by atoms with Crippen LogP contribution in [0.25, 0.3) is 0 Å². The van der Waals surface area contributed by atoms with Crippen molar-refractivity contribution in [1.82, 2.24) is 9.53 Å². The summed E-state index contributed by atoms with van der Waals surface area (Å²) in [6.07, 6.45) is 5.10. The molecule has 0 aromatic heterocycles. The number of unbranched alkanes of at least 4 members (excludes halogenated alkanes) is 3. The fourth-order valence-corrected chi connectivity index (χ4v) is 9.33. The molecule has 31 heavy (non-hydrogen) atoms. The van der Waals surface area contributed by atoms with E-state index in [-0.39, 0.29) is 0 Å². The van der Waals surface area contributed by atoms with Gasteiger partial charge in [0.1, 0.15) is 0 Å². The van der Waals surface area contributed by atoms with Gasteiger partial charge in [0, 0.05) is 26.0 Å². The van der Waals surface area contributed by atoms with Crippen LogP contribution in [0.15, 0.2) is 91.0 Å². The molecule has 0 aliphatic heterocycles. The molecule has 0 amide bonds. The standard InChI is InChI=1S/C27H36N2P2/c1-4-5-6-16-23-29(31(28-24(2)3)27-21-14-9-15-22-27)30(25-17-10-7-11-18-25)26-19-12-8-13-20-26/h7-15,17-22,24,28H,4-6,16,23H2,1-3H3. The first-order valence-electron chi connectivity index (χ1n) is 11.5. The van der Waals surface area contributed by atoms with E-state index in [1.54, 1.807) is 0 Å². The van der Waals surface area contributed by atoms with Crippen LogP contribution in [0.4, 0.5) is 0 Å². The summed E-state index contributed by atoms with van der Waals surface area (Å²) in [5, 5.41) is 8.22. The fraction of sp³-hybridized carbons (Fsp3) is 0.333. The van der Waals surface area contributed by atoms with E-state index in [0.29, 0.717) is 6.04 Å². The maximum Gasteiger partial charge on any atom is 0.0741 e. The molecule has 3 rings (SSSR count). The van der Waals surface area contributed by atoms with Crippen LogP contribution in [0.1, 0.15) is 46.5 Å². The quantitative estimate of drug-likeness (QED) is 0.249. The summed E-state index contributed by atoms with van der Waals surface area (Å²) in [6, 6.07) is 33.7. The molecular formula is C27H36N2P2. The van der Waals surface area contributed by atoms with Crippen molar-refractivity contribution in [2.75, 3.05) is 6.54 Å². The second-order valence-corrected chi connectivity index (χ2v) is 12.4. The molecule has 0 saturated heterocycles. The molecule has 0 bridgehead atoms. The van der Waals surface area contributed by atoms with E-state index in [1.807, 2.05) is 0 Å². The summed E-state index contributed by atoms with van der Waals surface area (Å²) >= 11 is 0. The second kappa shape index (κ2) is 13.1. The van der Waals surface area contributed by atoms with Gasteiger partial charge in [-0.15, -0.1) is 0 Å². The lowest BCUT2D eigenvalue weighted by atomic mass is 10.2. The van der Waals surface area contributed by atoms with Crippen molar-refractivity contribution >= 4 is 32.2 Å². The van der Waals surface area contributed by atoms with Crippen molar-refractivity contribution < 1.29 is 0 Å². The maximum absolute atomic E-state index is 3.96. The van der Waals surface area contributed by atoms with E-state index in [2.05, 4.69) is 121 Å². The Morgan fingerprint density at radius 3 is 1.61 bits per heavy atom. The van der Waals surface area contributed by atoms with Gasteiger partial charge in [-0.05, 0) is 30.9 Å². The van der Waals surface area contributed by atoms with Crippen molar-refractivity contribution in [3.63, 3.8) is 0 Å². The summed E-state index contributed by atoms with van der Waals surface area (Å²) in [5.41, 5.74) is 0. The van der Waals surface area contributed by atoms with E-state index < -0.39 is 16.3 Å². The number of nitrogens with one attached hydrogen (secondary N) is 1. The zero-order valence-corrected chi connectivity index (χ0v) is 20.9. The molecule has 0 radical (unpaired) electrons. The minimum Gasteiger partial charge on any atom is -0.277 e. The Hall–Kier alpha value is -1.56. The number of benzene rings is 3. The highest BCUT2D eigenvalue weighted by Crippen LogP contribution is 2.53. The minimum atomic E-state index is -0.654. The van der Waals surface area contributed by atoms with E-state index in [0.717, 1.165) is 6.54 Å². The van der Waals surface area contributed by atoms with Crippen molar-refractivity contribution in [2.45, 2.75) is 52.5 Å². The minimum absolute atomic E-state index is 0.424.